The first-order chi connectivity index (χ1) is 9.78. The molecule has 3 aromatic rings. The molecule has 3 rings (SSSR count). The van der Waals surface area contributed by atoms with E-state index in [0.29, 0.717) is 11.4 Å². The zero-order valence-electron chi connectivity index (χ0n) is 11.2. The van der Waals surface area contributed by atoms with Crippen LogP contribution >= 0.6 is 0 Å². The number of methoxy groups -OCH3 is 1. The molecule has 0 saturated carbocycles. The van der Waals surface area contributed by atoms with Crippen molar-refractivity contribution in [1.82, 2.24) is 0 Å². The first-order valence-corrected chi connectivity index (χ1v) is 6.37. The third kappa shape index (κ3) is 2.26. The molecule has 0 aliphatic carbocycles. The number of rotatable bonds is 3. The second-order valence-electron chi connectivity index (χ2n) is 4.48. The van der Waals surface area contributed by atoms with E-state index >= 15 is 0 Å². The van der Waals surface area contributed by atoms with Gasteiger partial charge in [-0.05, 0) is 23.6 Å². The number of ether oxygens (including phenoxy) is 2. The van der Waals surface area contributed by atoms with Gasteiger partial charge in [0.1, 0.15) is 11.5 Å². The van der Waals surface area contributed by atoms with E-state index in [9.17, 15) is 0 Å². The molecule has 0 aliphatic heterocycles. The van der Waals surface area contributed by atoms with Crippen molar-refractivity contribution in [3.8, 4) is 17.2 Å². The SMILES string of the molecule is COc1ccc(N)c(Oc2cccc3ccccc23)c1. The molecule has 0 spiro atoms. The number of fused-ring (bicyclic) bond motifs is 1. The van der Waals surface area contributed by atoms with Gasteiger partial charge in [-0.3, -0.25) is 0 Å². The minimum atomic E-state index is 0.582. The van der Waals surface area contributed by atoms with E-state index in [-0.39, 0.29) is 0 Å². The highest BCUT2D eigenvalue weighted by Gasteiger charge is 2.07. The smallest absolute Gasteiger partial charge is 0.154 e. The van der Waals surface area contributed by atoms with E-state index in [4.69, 9.17) is 15.2 Å². The molecule has 0 aliphatic rings. The summed E-state index contributed by atoms with van der Waals surface area (Å²) in [7, 11) is 1.62. The van der Waals surface area contributed by atoms with Crippen LogP contribution in [0, 0.1) is 0 Å². The van der Waals surface area contributed by atoms with Gasteiger partial charge in [0.15, 0.2) is 5.75 Å². The van der Waals surface area contributed by atoms with Crippen molar-refractivity contribution in [1.29, 1.82) is 0 Å². The van der Waals surface area contributed by atoms with E-state index in [1.165, 1.54) is 0 Å². The molecular weight excluding hydrogens is 250 g/mol. The largest absolute Gasteiger partial charge is 0.497 e. The van der Waals surface area contributed by atoms with Crippen molar-refractivity contribution in [3.05, 3.63) is 60.7 Å². The molecule has 3 aromatic carbocycles. The van der Waals surface area contributed by atoms with Crippen molar-refractivity contribution in [2.24, 2.45) is 0 Å². The second kappa shape index (κ2) is 5.13. The highest BCUT2D eigenvalue weighted by Crippen LogP contribution is 2.34. The van der Waals surface area contributed by atoms with Crippen molar-refractivity contribution >= 4 is 16.5 Å². The van der Waals surface area contributed by atoms with Crippen LogP contribution in [0.2, 0.25) is 0 Å². The van der Waals surface area contributed by atoms with E-state index in [0.717, 1.165) is 22.3 Å². The third-order valence-corrected chi connectivity index (χ3v) is 3.19. The maximum absolute atomic E-state index is 5.96. The minimum Gasteiger partial charge on any atom is -0.497 e. The molecule has 0 aromatic heterocycles. The molecule has 3 nitrogen and oxygen atoms in total. The molecular formula is C17H15NO2. The quantitative estimate of drug-likeness (QED) is 0.721. The van der Waals surface area contributed by atoms with Crippen LogP contribution in [0.1, 0.15) is 0 Å². The van der Waals surface area contributed by atoms with E-state index in [1.54, 1.807) is 19.2 Å². The zero-order valence-corrected chi connectivity index (χ0v) is 11.2. The molecule has 0 fully saturated rings. The Morgan fingerprint density at radius 2 is 1.65 bits per heavy atom. The van der Waals surface area contributed by atoms with Gasteiger partial charge in [-0.15, -0.1) is 0 Å². The number of hydrogen-bond donors (Lipinski definition) is 1. The van der Waals surface area contributed by atoms with Gasteiger partial charge in [-0.25, -0.2) is 0 Å². The number of nitrogens with two attached hydrogens (primary N) is 1. The van der Waals surface area contributed by atoms with E-state index < -0.39 is 0 Å². The lowest BCUT2D eigenvalue weighted by molar-refractivity contribution is 0.410. The summed E-state index contributed by atoms with van der Waals surface area (Å²) in [5.74, 6) is 2.10. The van der Waals surface area contributed by atoms with Gasteiger partial charge in [-0.2, -0.15) is 0 Å². The Morgan fingerprint density at radius 3 is 2.50 bits per heavy atom. The van der Waals surface area contributed by atoms with Gasteiger partial charge in [0.25, 0.3) is 0 Å². The van der Waals surface area contributed by atoms with Gasteiger partial charge in [0.2, 0.25) is 0 Å². The Labute approximate surface area is 117 Å². The summed E-state index contributed by atoms with van der Waals surface area (Å²) in [6.45, 7) is 0. The minimum absolute atomic E-state index is 0.582. The van der Waals surface area contributed by atoms with Crippen molar-refractivity contribution in [2.45, 2.75) is 0 Å². The summed E-state index contributed by atoms with van der Waals surface area (Å²) < 4.78 is 11.2. The molecule has 100 valence electrons. The van der Waals surface area contributed by atoms with Gasteiger partial charge in [0.05, 0.1) is 12.8 Å². The van der Waals surface area contributed by atoms with Crippen LogP contribution in [0.5, 0.6) is 17.2 Å². The number of hydrogen-bond acceptors (Lipinski definition) is 3. The second-order valence-corrected chi connectivity index (χ2v) is 4.48. The molecule has 0 amide bonds. The van der Waals surface area contributed by atoms with Gasteiger partial charge in [-0.1, -0.05) is 36.4 Å². The van der Waals surface area contributed by atoms with Crippen LogP contribution in [-0.2, 0) is 0 Å². The monoisotopic (exact) mass is 265 g/mol. The average Bonchev–Trinajstić information content (AvgIpc) is 2.50. The topological polar surface area (TPSA) is 44.5 Å². The summed E-state index contributed by atoms with van der Waals surface area (Å²) in [5.41, 5.74) is 6.54. The Hall–Kier alpha value is -2.68. The lowest BCUT2D eigenvalue weighted by Crippen LogP contribution is -1.94. The molecule has 20 heavy (non-hydrogen) atoms. The van der Waals surface area contributed by atoms with Crippen molar-refractivity contribution < 1.29 is 9.47 Å². The van der Waals surface area contributed by atoms with Crippen LogP contribution in [0.3, 0.4) is 0 Å². The van der Waals surface area contributed by atoms with Gasteiger partial charge in [0, 0.05) is 11.5 Å². The summed E-state index contributed by atoms with van der Waals surface area (Å²) in [4.78, 5) is 0. The molecule has 0 heterocycles. The summed E-state index contributed by atoms with van der Waals surface area (Å²) in [5, 5.41) is 2.18. The van der Waals surface area contributed by atoms with Crippen LogP contribution < -0.4 is 15.2 Å². The molecule has 0 radical (unpaired) electrons. The highest BCUT2D eigenvalue weighted by atomic mass is 16.5. The van der Waals surface area contributed by atoms with Crippen LogP contribution in [0.4, 0.5) is 5.69 Å². The first-order valence-electron chi connectivity index (χ1n) is 6.37. The molecule has 0 atom stereocenters. The number of benzene rings is 3. The van der Waals surface area contributed by atoms with Crippen molar-refractivity contribution in [2.75, 3.05) is 12.8 Å². The number of anilines is 1. The van der Waals surface area contributed by atoms with Gasteiger partial charge >= 0.3 is 0 Å². The highest BCUT2D eigenvalue weighted by molar-refractivity contribution is 5.88. The maximum Gasteiger partial charge on any atom is 0.154 e. The van der Waals surface area contributed by atoms with E-state index in [2.05, 4.69) is 12.1 Å². The lowest BCUT2D eigenvalue weighted by atomic mass is 10.1. The average molecular weight is 265 g/mol. The summed E-state index contributed by atoms with van der Waals surface area (Å²) in [6, 6.07) is 19.4. The fourth-order valence-electron chi connectivity index (χ4n) is 2.13. The molecule has 0 bridgehead atoms. The maximum atomic E-state index is 5.96. The Balaban J connectivity index is 2.05. The molecule has 3 heteroatoms. The first kappa shape index (κ1) is 12.4. The predicted molar refractivity (Wildman–Crippen MR) is 81.4 cm³/mol. The normalized spacial score (nSPS) is 10.4. The van der Waals surface area contributed by atoms with Crippen LogP contribution in [0.25, 0.3) is 10.8 Å². The Bertz CT molecular complexity index is 748. The zero-order chi connectivity index (χ0) is 13.9. The third-order valence-electron chi connectivity index (χ3n) is 3.19. The number of nitrogen functional groups attached to an aromatic ring is 1. The summed E-state index contributed by atoms with van der Waals surface area (Å²) in [6.07, 6.45) is 0. The van der Waals surface area contributed by atoms with Crippen molar-refractivity contribution in [3.63, 3.8) is 0 Å². The standard InChI is InChI=1S/C17H15NO2/c1-19-13-9-10-15(18)17(11-13)20-16-8-4-6-12-5-2-3-7-14(12)16/h2-11H,18H2,1H3. The van der Waals surface area contributed by atoms with Gasteiger partial charge < -0.3 is 15.2 Å². The van der Waals surface area contributed by atoms with Crippen LogP contribution in [0.15, 0.2) is 60.7 Å². The predicted octanol–water partition coefficient (Wildman–Crippen LogP) is 4.22. The van der Waals surface area contributed by atoms with Crippen LogP contribution in [-0.4, -0.2) is 7.11 Å². The lowest BCUT2D eigenvalue weighted by Gasteiger charge is -2.12. The summed E-state index contributed by atoms with van der Waals surface area (Å²) >= 11 is 0. The van der Waals surface area contributed by atoms with E-state index in [1.807, 2.05) is 36.4 Å². The fraction of sp³-hybridized carbons (Fsp3) is 0.0588. The molecule has 2 N–H and O–H groups in total. The molecule has 0 saturated heterocycles. The Morgan fingerprint density at radius 1 is 0.850 bits per heavy atom. The Kier molecular flexibility index (Phi) is 3.17. The fourth-order valence-corrected chi connectivity index (χ4v) is 2.13. The molecule has 0 unspecified atom stereocenters.